The Labute approximate surface area is 186 Å². The van der Waals surface area contributed by atoms with E-state index in [-0.39, 0.29) is 17.9 Å². The third-order valence-electron chi connectivity index (χ3n) is 5.61. The fourth-order valence-electron chi connectivity index (χ4n) is 4.14. The molecule has 0 bridgehead atoms. The Kier molecular flexibility index (Phi) is 5.00. The number of hydrogen-bond donors (Lipinski definition) is 1. The number of nitrogens with zero attached hydrogens (tertiary/aromatic N) is 3. The lowest BCUT2D eigenvalue weighted by atomic mass is 10.0. The maximum absolute atomic E-state index is 14.9. The van der Waals surface area contributed by atoms with E-state index in [1.54, 1.807) is 18.3 Å². The molecule has 3 heterocycles. The number of pyridine rings is 1. The molecule has 0 radical (unpaired) electrons. The summed E-state index contributed by atoms with van der Waals surface area (Å²) in [5.74, 6) is -0.313. The highest BCUT2D eigenvalue weighted by molar-refractivity contribution is 7.80. The standard InChI is InChI=1S/C25H21FN4S/c1-17-11-13-18(14-12-17)29-16-6-10-22(29)24-23(20-8-4-5-15-27-20)28-25(31)30(24)21-9-3-2-7-19(21)26/h2-16,23-24H,1H3,(H,28,31)/t23-,24+/m0/s1. The number of benzene rings is 2. The average Bonchev–Trinajstić information content (AvgIpc) is 3.40. The lowest BCUT2D eigenvalue weighted by Crippen LogP contribution is -2.31. The van der Waals surface area contributed by atoms with Crippen molar-refractivity contribution in [1.29, 1.82) is 0 Å². The minimum Gasteiger partial charge on any atom is -0.351 e. The van der Waals surface area contributed by atoms with Gasteiger partial charge in [0.1, 0.15) is 11.9 Å². The lowest BCUT2D eigenvalue weighted by molar-refractivity contribution is 0.542. The highest BCUT2D eigenvalue weighted by Gasteiger charge is 2.42. The van der Waals surface area contributed by atoms with Gasteiger partial charge in [-0.1, -0.05) is 35.9 Å². The van der Waals surface area contributed by atoms with Gasteiger partial charge in [-0.3, -0.25) is 4.98 Å². The SMILES string of the molecule is Cc1ccc(-n2cccc2[C@@H]2[C@H](c3ccccn3)NC(=S)N2c2ccccc2F)cc1. The summed E-state index contributed by atoms with van der Waals surface area (Å²) < 4.78 is 17.0. The van der Waals surface area contributed by atoms with Crippen LogP contribution in [-0.2, 0) is 0 Å². The Balaban J connectivity index is 1.68. The number of hydrogen-bond acceptors (Lipinski definition) is 2. The summed E-state index contributed by atoms with van der Waals surface area (Å²) in [6.07, 6.45) is 3.79. The molecule has 1 fully saturated rings. The number of aromatic nitrogens is 2. The van der Waals surface area contributed by atoms with Crippen LogP contribution in [0.15, 0.2) is 91.3 Å². The average molecular weight is 429 g/mol. The molecule has 0 unspecified atom stereocenters. The highest BCUT2D eigenvalue weighted by atomic mass is 32.1. The van der Waals surface area contributed by atoms with Gasteiger partial charge < -0.3 is 14.8 Å². The van der Waals surface area contributed by atoms with Crippen molar-refractivity contribution in [3.8, 4) is 5.69 Å². The van der Waals surface area contributed by atoms with Gasteiger partial charge in [-0.2, -0.15) is 0 Å². The second kappa shape index (κ2) is 7.96. The van der Waals surface area contributed by atoms with Crippen molar-refractivity contribution < 1.29 is 4.39 Å². The van der Waals surface area contributed by atoms with Crippen LogP contribution in [0.4, 0.5) is 10.1 Å². The second-order valence-corrected chi connectivity index (χ2v) is 7.97. The summed E-state index contributed by atoms with van der Waals surface area (Å²) in [4.78, 5) is 6.43. The minimum atomic E-state index is -0.313. The minimum absolute atomic E-state index is 0.229. The van der Waals surface area contributed by atoms with Gasteiger partial charge in [0, 0.05) is 23.8 Å². The first-order chi connectivity index (χ1) is 15.1. The van der Waals surface area contributed by atoms with Gasteiger partial charge in [-0.25, -0.2) is 4.39 Å². The van der Waals surface area contributed by atoms with Gasteiger partial charge >= 0.3 is 0 Å². The molecule has 4 nitrogen and oxygen atoms in total. The Morgan fingerprint density at radius 2 is 1.71 bits per heavy atom. The van der Waals surface area contributed by atoms with Crippen LogP contribution in [0.5, 0.6) is 0 Å². The van der Waals surface area contributed by atoms with E-state index in [2.05, 4.69) is 52.1 Å². The Morgan fingerprint density at radius 1 is 0.935 bits per heavy atom. The molecule has 154 valence electrons. The zero-order chi connectivity index (χ0) is 21.4. The summed E-state index contributed by atoms with van der Waals surface area (Å²) in [5, 5.41) is 3.86. The summed E-state index contributed by atoms with van der Waals surface area (Å²) in [6.45, 7) is 2.07. The van der Waals surface area contributed by atoms with Gasteiger partial charge in [-0.05, 0) is 67.7 Å². The highest BCUT2D eigenvalue weighted by Crippen LogP contribution is 2.42. The summed E-state index contributed by atoms with van der Waals surface area (Å²) in [7, 11) is 0. The molecule has 0 amide bonds. The van der Waals surface area contributed by atoms with E-state index in [9.17, 15) is 4.39 Å². The van der Waals surface area contributed by atoms with Crippen LogP contribution in [0.25, 0.3) is 5.69 Å². The van der Waals surface area contributed by atoms with Crippen molar-refractivity contribution in [2.24, 2.45) is 0 Å². The van der Waals surface area contributed by atoms with E-state index in [0.29, 0.717) is 10.8 Å². The van der Waals surface area contributed by atoms with E-state index in [1.165, 1.54) is 11.6 Å². The van der Waals surface area contributed by atoms with Gasteiger partial charge in [-0.15, -0.1) is 0 Å². The number of nitrogens with one attached hydrogen (secondary N) is 1. The van der Waals surface area contributed by atoms with Crippen molar-refractivity contribution >= 4 is 23.0 Å². The van der Waals surface area contributed by atoms with Crippen molar-refractivity contribution in [3.63, 3.8) is 0 Å². The van der Waals surface area contributed by atoms with Crippen molar-refractivity contribution in [2.75, 3.05) is 4.90 Å². The number of thiocarbonyl (C=S) groups is 1. The molecule has 5 rings (SSSR count). The molecule has 1 aliphatic rings. The van der Waals surface area contributed by atoms with Gasteiger partial charge in [0.25, 0.3) is 0 Å². The molecule has 31 heavy (non-hydrogen) atoms. The van der Waals surface area contributed by atoms with E-state index in [0.717, 1.165) is 17.1 Å². The summed E-state index contributed by atoms with van der Waals surface area (Å²) in [5.41, 5.74) is 4.53. The van der Waals surface area contributed by atoms with E-state index in [4.69, 9.17) is 12.2 Å². The van der Waals surface area contributed by atoms with Gasteiger partial charge in [0.05, 0.1) is 17.4 Å². The fraction of sp³-hybridized carbons (Fsp3) is 0.120. The monoisotopic (exact) mass is 428 g/mol. The predicted octanol–water partition coefficient (Wildman–Crippen LogP) is 5.50. The molecule has 0 saturated carbocycles. The van der Waals surface area contributed by atoms with Crippen LogP contribution in [0.3, 0.4) is 0 Å². The Morgan fingerprint density at radius 3 is 2.45 bits per heavy atom. The molecule has 2 atom stereocenters. The van der Waals surface area contributed by atoms with E-state index >= 15 is 0 Å². The predicted molar refractivity (Wildman–Crippen MR) is 125 cm³/mol. The lowest BCUT2D eigenvalue weighted by Gasteiger charge is -2.29. The van der Waals surface area contributed by atoms with Crippen LogP contribution in [-0.4, -0.2) is 14.7 Å². The maximum Gasteiger partial charge on any atom is 0.174 e. The quantitative estimate of drug-likeness (QED) is 0.435. The van der Waals surface area contributed by atoms with Crippen LogP contribution >= 0.6 is 12.2 Å². The van der Waals surface area contributed by atoms with Gasteiger partial charge in [0.2, 0.25) is 0 Å². The van der Waals surface area contributed by atoms with Crippen molar-refractivity contribution in [3.05, 3.63) is 114 Å². The molecule has 2 aromatic heterocycles. The normalized spacial score (nSPS) is 18.3. The molecule has 0 aliphatic carbocycles. The molecule has 4 aromatic rings. The van der Waals surface area contributed by atoms with E-state index < -0.39 is 0 Å². The molecule has 1 N–H and O–H groups in total. The molecular weight excluding hydrogens is 407 g/mol. The number of aryl methyl sites for hydroxylation is 1. The summed E-state index contributed by atoms with van der Waals surface area (Å²) in [6, 6.07) is 24.4. The number of halogens is 1. The molecule has 1 aliphatic heterocycles. The number of rotatable bonds is 4. The van der Waals surface area contributed by atoms with Crippen LogP contribution in [0.2, 0.25) is 0 Å². The van der Waals surface area contributed by atoms with Crippen LogP contribution < -0.4 is 10.2 Å². The third kappa shape index (κ3) is 3.49. The summed E-state index contributed by atoms with van der Waals surface area (Å²) >= 11 is 5.70. The van der Waals surface area contributed by atoms with Crippen molar-refractivity contribution in [1.82, 2.24) is 14.9 Å². The van der Waals surface area contributed by atoms with Gasteiger partial charge in [0.15, 0.2) is 5.11 Å². The Hall–Kier alpha value is -3.51. The largest absolute Gasteiger partial charge is 0.351 e. The van der Waals surface area contributed by atoms with E-state index in [1.807, 2.05) is 41.4 Å². The first-order valence-corrected chi connectivity index (χ1v) is 10.5. The molecule has 2 aromatic carbocycles. The number of anilines is 1. The maximum atomic E-state index is 14.9. The van der Waals surface area contributed by atoms with Crippen LogP contribution in [0, 0.1) is 12.7 Å². The van der Waals surface area contributed by atoms with Crippen molar-refractivity contribution in [2.45, 2.75) is 19.0 Å². The zero-order valence-electron chi connectivity index (χ0n) is 16.9. The smallest absolute Gasteiger partial charge is 0.174 e. The Bertz CT molecular complexity index is 1220. The van der Waals surface area contributed by atoms with Crippen LogP contribution in [0.1, 0.15) is 29.0 Å². The first-order valence-electron chi connectivity index (χ1n) is 10.1. The topological polar surface area (TPSA) is 33.1 Å². The zero-order valence-corrected chi connectivity index (χ0v) is 17.8. The molecule has 1 saturated heterocycles. The molecule has 6 heteroatoms. The molecule has 0 spiro atoms. The molecular formula is C25H21FN4S. The first kappa shape index (κ1) is 19.5. The fourth-order valence-corrected chi connectivity index (χ4v) is 4.48. The third-order valence-corrected chi connectivity index (χ3v) is 5.92. The second-order valence-electron chi connectivity index (χ2n) is 7.59. The number of para-hydroxylation sites is 1.